The Balaban J connectivity index is 1.67. The molecule has 7 nitrogen and oxygen atoms in total. The molecule has 0 aliphatic carbocycles. The maximum absolute atomic E-state index is 13.1. The predicted molar refractivity (Wildman–Crippen MR) is 138 cm³/mol. The van der Waals surface area contributed by atoms with Crippen LogP contribution in [0, 0.1) is 0 Å². The molecule has 0 saturated carbocycles. The molecule has 0 bridgehead atoms. The summed E-state index contributed by atoms with van der Waals surface area (Å²) in [7, 11) is 4.01. The van der Waals surface area contributed by atoms with Crippen LogP contribution in [0.25, 0.3) is 11.3 Å². The summed E-state index contributed by atoms with van der Waals surface area (Å²) in [4.78, 5) is 27.3. The lowest BCUT2D eigenvalue weighted by Gasteiger charge is -2.16. The molecule has 0 spiro atoms. The fourth-order valence-electron chi connectivity index (χ4n) is 3.77. The average Bonchev–Trinajstić information content (AvgIpc) is 3.18. The van der Waals surface area contributed by atoms with E-state index in [9.17, 15) is 9.59 Å². The molecule has 1 aliphatic rings. The number of hydrogen-bond donors (Lipinski definition) is 2. The summed E-state index contributed by atoms with van der Waals surface area (Å²) in [5, 5.41) is 6.32. The van der Waals surface area contributed by atoms with Crippen LogP contribution < -0.4 is 15.4 Å². The Kier molecular flexibility index (Phi) is 7.48. The normalized spacial score (nSPS) is 13.8. The van der Waals surface area contributed by atoms with E-state index < -0.39 is 5.97 Å². The number of carbonyl (C=O) groups excluding carboxylic acids is 2. The first-order valence-corrected chi connectivity index (χ1v) is 11.5. The number of nitrogens with one attached hydrogen (secondary N) is 2. The van der Waals surface area contributed by atoms with Gasteiger partial charge in [0, 0.05) is 17.8 Å². The highest BCUT2D eigenvalue weighted by Crippen LogP contribution is 2.38. The van der Waals surface area contributed by atoms with Gasteiger partial charge in [0.1, 0.15) is 12.4 Å². The van der Waals surface area contributed by atoms with E-state index >= 15 is 0 Å². The summed E-state index contributed by atoms with van der Waals surface area (Å²) >= 11 is 0. The molecule has 0 atom stereocenters. The van der Waals surface area contributed by atoms with Crippen molar-refractivity contribution in [1.29, 1.82) is 0 Å². The lowest BCUT2D eigenvalue weighted by atomic mass is 9.99. The van der Waals surface area contributed by atoms with Crippen molar-refractivity contribution in [3.63, 3.8) is 0 Å². The number of carbonyl (C=O) groups is 2. The van der Waals surface area contributed by atoms with Gasteiger partial charge in [0.2, 0.25) is 0 Å². The number of fused-ring (bicyclic) bond motifs is 1. The van der Waals surface area contributed by atoms with Crippen molar-refractivity contribution in [2.75, 3.05) is 44.5 Å². The van der Waals surface area contributed by atoms with Crippen molar-refractivity contribution in [1.82, 2.24) is 4.90 Å². The number of ether oxygens (including phenoxy) is 2. The largest absolute Gasteiger partial charge is 0.492 e. The van der Waals surface area contributed by atoms with Crippen LogP contribution >= 0.6 is 0 Å². The molecular weight excluding hydrogens is 442 g/mol. The van der Waals surface area contributed by atoms with Crippen molar-refractivity contribution in [2.45, 2.75) is 6.92 Å². The SMILES string of the molecule is CCOC(=O)c1ccc2c(c1)NC(=O)/C2=C(\Nc1ccc(OCCN(C)C)cc1)c1ccccc1. The number of likely N-dealkylation sites (N-methyl/N-ethyl adjacent to an activating group) is 1. The molecule has 3 aromatic rings. The minimum Gasteiger partial charge on any atom is -0.492 e. The van der Waals surface area contributed by atoms with Crippen LogP contribution in [0.4, 0.5) is 11.4 Å². The molecule has 1 heterocycles. The second-order valence-electron chi connectivity index (χ2n) is 8.35. The number of nitrogens with zero attached hydrogens (tertiary/aromatic N) is 1. The summed E-state index contributed by atoms with van der Waals surface area (Å²) in [6.45, 7) is 3.48. The van der Waals surface area contributed by atoms with Crippen molar-refractivity contribution >= 4 is 34.5 Å². The molecule has 0 fully saturated rings. The minimum atomic E-state index is -0.420. The van der Waals surface area contributed by atoms with Gasteiger partial charge in [-0.15, -0.1) is 0 Å². The lowest BCUT2D eigenvalue weighted by Crippen LogP contribution is -2.19. The third-order valence-electron chi connectivity index (χ3n) is 5.52. The van der Waals surface area contributed by atoms with Crippen molar-refractivity contribution in [3.05, 3.63) is 89.5 Å². The van der Waals surface area contributed by atoms with Gasteiger partial charge in [-0.2, -0.15) is 0 Å². The number of amides is 1. The van der Waals surface area contributed by atoms with E-state index in [1.165, 1.54) is 0 Å². The highest BCUT2D eigenvalue weighted by molar-refractivity contribution is 6.37. The Morgan fingerprint density at radius 1 is 0.971 bits per heavy atom. The zero-order chi connectivity index (χ0) is 24.8. The number of esters is 1. The predicted octanol–water partition coefficient (Wildman–Crippen LogP) is 4.74. The highest BCUT2D eigenvalue weighted by Gasteiger charge is 2.29. The fraction of sp³-hybridized carbons (Fsp3) is 0.214. The molecular formula is C28H29N3O4. The number of rotatable bonds is 9. The molecule has 35 heavy (non-hydrogen) atoms. The monoisotopic (exact) mass is 471 g/mol. The average molecular weight is 472 g/mol. The van der Waals surface area contributed by atoms with E-state index in [1.807, 2.05) is 68.7 Å². The topological polar surface area (TPSA) is 79.9 Å². The first-order valence-electron chi connectivity index (χ1n) is 11.5. The molecule has 1 amide bonds. The molecule has 2 N–H and O–H groups in total. The van der Waals surface area contributed by atoms with E-state index in [0.29, 0.717) is 29.1 Å². The van der Waals surface area contributed by atoms with Gasteiger partial charge in [-0.25, -0.2) is 4.79 Å². The first kappa shape index (κ1) is 24.0. The third kappa shape index (κ3) is 5.70. The Bertz CT molecular complexity index is 1230. The van der Waals surface area contributed by atoms with Crippen molar-refractivity contribution < 1.29 is 19.1 Å². The Labute approximate surface area is 205 Å². The molecule has 1 aliphatic heterocycles. The van der Waals surface area contributed by atoms with Crippen molar-refractivity contribution in [3.8, 4) is 5.75 Å². The Hall–Kier alpha value is -4.10. The fourth-order valence-corrected chi connectivity index (χ4v) is 3.77. The zero-order valence-corrected chi connectivity index (χ0v) is 20.1. The van der Waals surface area contributed by atoms with Gasteiger partial charge in [0.25, 0.3) is 5.91 Å². The van der Waals surface area contributed by atoms with Gasteiger partial charge in [-0.1, -0.05) is 36.4 Å². The smallest absolute Gasteiger partial charge is 0.338 e. The molecule has 180 valence electrons. The number of anilines is 2. The van der Waals surface area contributed by atoms with E-state index in [-0.39, 0.29) is 12.5 Å². The highest BCUT2D eigenvalue weighted by atomic mass is 16.5. The molecule has 0 unspecified atom stereocenters. The molecule has 3 aromatic carbocycles. The van der Waals surface area contributed by atoms with Gasteiger partial charge >= 0.3 is 5.97 Å². The maximum Gasteiger partial charge on any atom is 0.338 e. The minimum absolute atomic E-state index is 0.240. The van der Waals surface area contributed by atoms with Crippen LogP contribution in [0.1, 0.15) is 28.4 Å². The van der Waals surface area contributed by atoms with Crippen LogP contribution in [-0.4, -0.2) is 50.6 Å². The molecule has 0 radical (unpaired) electrons. The second kappa shape index (κ2) is 10.9. The quantitative estimate of drug-likeness (QED) is 0.347. The third-order valence-corrected chi connectivity index (χ3v) is 5.52. The number of hydrogen-bond acceptors (Lipinski definition) is 6. The van der Waals surface area contributed by atoms with Crippen LogP contribution in [0.5, 0.6) is 5.75 Å². The molecule has 4 rings (SSSR count). The summed E-state index contributed by atoms with van der Waals surface area (Å²) < 4.78 is 10.9. The molecule has 0 saturated heterocycles. The van der Waals surface area contributed by atoms with E-state index in [0.717, 1.165) is 29.1 Å². The van der Waals surface area contributed by atoms with Crippen LogP contribution in [0.2, 0.25) is 0 Å². The van der Waals surface area contributed by atoms with Crippen LogP contribution in [0.15, 0.2) is 72.8 Å². The summed E-state index contributed by atoms with van der Waals surface area (Å²) in [5.74, 6) is 0.119. The Morgan fingerprint density at radius 3 is 2.40 bits per heavy atom. The summed E-state index contributed by atoms with van der Waals surface area (Å²) in [6.07, 6.45) is 0. The van der Waals surface area contributed by atoms with Gasteiger partial charge in [0.15, 0.2) is 0 Å². The van der Waals surface area contributed by atoms with E-state index in [4.69, 9.17) is 9.47 Å². The van der Waals surface area contributed by atoms with E-state index in [1.54, 1.807) is 25.1 Å². The second-order valence-corrected chi connectivity index (χ2v) is 8.35. The van der Waals surface area contributed by atoms with Gasteiger partial charge in [-0.05, 0) is 63.0 Å². The van der Waals surface area contributed by atoms with Gasteiger partial charge in [0.05, 0.1) is 29.1 Å². The first-order chi connectivity index (χ1) is 17.0. The number of benzene rings is 3. The maximum atomic E-state index is 13.1. The zero-order valence-electron chi connectivity index (χ0n) is 20.1. The van der Waals surface area contributed by atoms with Gasteiger partial charge < -0.3 is 25.0 Å². The Morgan fingerprint density at radius 2 is 1.71 bits per heavy atom. The summed E-state index contributed by atoms with van der Waals surface area (Å²) in [6, 6.07) is 22.4. The van der Waals surface area contributed by atoms with Crippen molar-refractivity contribution in [2.24, 2.45) is 0 Å². The molecule has 0 aromatic heterocycles. The summed E-state index contributed by atoms with van der Waals surface area (Å²) in [5.41, 5.74) is 4.56. The van der Waals surface area contributed by atoms with Crippen LogP contribution in [0.3, 0.4) is 0 Å². The standard InChI is InChI=1S/C28H29N3O4/c1-4-34-28(33)20-10-15-23-24(18-20)30-27(32)25(23)26(19-8-6-5-7-9-19)29-21-11-13-22(14-12-21)35-17-16-31(2)3/h5-15,18,29H,4,16-17H2,1-3H3,(H,30,32)/b26-25-. The lowest BCUT2D eigenvalue weighted by molar-refractivity contribution is -0.110. The van der Waals surface area contributed by atoms with Crippen LogP contribution in [-0.2, 0) is 9.53 Å². The molecule has 7 heteroatoms. The van der Waals surface area contributed by atoms with E-state index in [2.05, 4.69) is 15.5 Å². The van der Waals surface area contributed by atoms with Gasteiger partial charge in [-0.3, -0.25) is 4.79 Å².